The average molecular weight is 413 g/mol. The number of carbonyl (C=O) groups is 1. The maximum atomic E-state index is 12.5. The predicted octanol–water partition coefficient (Wildman–Crippen LogP) is 4.39. The van der Waals surface area contributed by atoms with Crippen molar-refractivity contribution in [2.24, 2.45) is 13.0 Å². The lowest BCUT2D eigenvalue weighted by Crippen LogP contribution is -2.13. The number of thioether (sulfide) groups is 1. The molecule has 3 aromatic rings. The molecule has 0 unspecified atom stereocenters. The highest BCUT2D eigenvalue weighted by molar-refractivity contribution is 7.99. The van der Waals surface area contributed by atoms with Gasteiger partial charge < -0.3 is 13.9 Å². The van der Waals surface area contributed by atoms with Gasteiger partial charge in [-0.05, 0) is 42.2 Å². The van der Waals surface area contributed by atoms with E-state index in [0.29, 0.717) is 24.0 Å². The molecular weight excluding hydrogens is 384 g/mol. The Bertz CT molecular complexity index is 944. The van der Waals surface area contributed by atoms with Crippen molar-refractivity contribution in [3.8, 4) is 5.75 Å². The monoisotopic (exact) mass is 412 g/mol. The van der Waals surface area contributed by atoms with Gasteiger partial charge in [0.1, 0.15) is 12.4 Å². The van der Waals surface area contributed by atoms with Gasteiger partial charge in [-0.1, -0.05) is 44.7 Å². The fourth-order valence-corrected chi connectivity index (χ4v) is 3.85. The number of aromatic nitrogens is 4. The first-order valence-electron chi connectivity index (χ1n) is 9.89. The molecule has 0 saturated heterocycles. The Kier molecular flexibility index (Phi) is 7.14. The highest BCUT2D eigenvalue weighted by Gasteiger charge is 2.17. The SMILES string of the molecule is CCc1ccc(OCc2nnc(SCC(=O)c3cccn3C)n2CC(C)C)cc1. The third-order valence-electron chi connectivity index (χ3n) is 4.60. The summed E-state index contributed by atoms with van der Waals surface area (Å²) in [7, 11) is 1.88. The molecule has 0 saturated carbocycles. The van der Waals surface area contributed by atoms with Crippen LogP contribution in [0.15, 0.2) is 47.8 Å². The third-order valence-corrected chi connectivity index (χ3v) is 5.57. The van der Waals surface area contributed by atoms with E-state index in [1.54, 1.807) is 0 Å². The summed E-state index contributed by atoms with van der Waals surface area (Å²) in [5.41, 5.74) is 1.98. The Hall–Kier alpha value is -2.54. The van der Waals surface area contributed by atoms with Gasteiger partial charge in [-0.3, -0.25) is 4.79 Å². The minimum atomic E-state index is 0.0791. The molecule has 0 aliphatic heterocycles. The summed E-state index contributed by atoms with van der Waals surface area (Å²) < 4.78 is 9.83. The maximum Gasteiger partial charge on any atom is 0.191 e. The van der Waals surface area contributed by atoms with Crippen molar-refractivity contribution in [1.82, 2.24) is 19.3 Å². The minimum absolute atomic E-state index is 0.0791. The molecule has 0 atom stereocenters. The average Bonchev–Trinajstić information content (AvgIpc) is 3.30. The lowest BCUT2D eigenvalue weighted by molar-refractivity contribution is 0.101. The molecule has 2 heterocycles. The van der Waals surface area contributed by atoms with Crippen LogP contribution in [-0.2, 0) is 26.6 Å². The largest absolute Gasteiger partial charge is 0.486 e. The second-order valence-electron chi connectivity index (χ2n) is 7.41. The molecule has 1 aromatic carbocycles. The topological polar surface area (TPSA) is 61.9 Å². The van der Waals surface area contributed by atoms with Crippen LogP contribution in [-0.4, -0.2) is 30.9 Å². The number of rotatable bonds is 10. The van der Waals surface area contributed by atoms with Gasteiger partial charge in [0.15, 0.2) is 16.8 Å². The van der Waals surface area contributed by atoms with Gasteiger partial charge in [-0.25, -0.2) is 0 Å². The van der Waals surface area contributed by atoms with Crippen LogP contribution in [0.25, 0.3) is 0 Å². The van der Waals surface area contributed by atoms with Crippen LogP contribution in [0.2, 0.25) is 0 Å². The summed E-state index contributed by atoms with van der Waals surface area (Å²) >= 11 is 1.42. The third kappa shape index (κ3) is 5.50. The molecule has 154 valence electrons. The van der Waals surface area contributed by atoms with E-state index in [0.717, 1.165) is 29.7 Å². The number of hydrogen-bond donors (Lipinski definition) is 0. The summed E-state index contributed by atoms with van der Waals surface area (Å²) in [5.74, 6) is 2.42. The first kappa shape index (κ1) is 21.2. The summed E-state index contributed by atoms with van der Waals surface area (Å²) in [4.78, 5) is 12.5. The van der Waals surface area contributed by atoms with Crippen LogP contribution < -0.4 is 4.74 Å². The zero-order chi connectivity index (χ0) is 20.8. The molecule has 7 heteroatoms. The minimum Gasteiger partial charge on any atom is -0.486 e. The Morgan fingerprint density at radius 3 is 2.55 bits per heavy atom. The second kappa shape index (κ2) is 9.78. The zero-order valence-corrected chi connectivity index (χ0v) is 18.3. The summed E-state index contributed by atoms with van der Waals surface area (Å²) in [6.45, 7) is 7.56. The first-order chi connectivity index (χ1) is 14.0. The van der Waals surface area contributed by atoms with E-state index in [1.165, 1.54) is 17.3 Å². The van der Waals surface area contributed by atoms with Gasteiger partial charge in [-0.2, -0.15) is 0 Å². The lowest BCUT2D eigenvalue weighted by atomic mass is 10.2. The van der Waals surface area contributed by atoms with Gasteiger partial charge in [0.05, 0.1) is 11.4 Å². The van der Waals surface area contributed by atoms with Gasteiger partial charge in [0, 0.05) is 19.8 Å². The number of nitrogens with zero attached hydrogens (tertiary/aromatic N) is 4. The van der Waals surface area contributed by atoms with Crippen molar-refractivity contribution in [1.29, 1.82) is 0 Å². The Labute approximate surface area is 176 Å². The van der Waals surface area contributed by atoms with Crippen molar-refractivity contribution in [3.05, 3.63) is 59.7 Å². The first-order valence-corrected chi connectivity index (χ1v) is 10.9. The molecule has 3 rings (SSSR count). The number of carbonyl (C=O) groups excluding carboxylic acids is 1. The normalized spacial score (nSPS) is 11.2. The van der Waals surface area contributed by atoms with Crippen molar-refractivity contribution in [2.75, 3.05) is 5.75 Å². The van der Waals surface area contributed by atoms with E-state index in [1.807, 2.05) is 42.1 Å². The van der Waals surface area contributed by atoms with E-state index in [9.17, 15) is 4.79 Å². The Balaban J connectivity index is 1.68. The highest BCUT2D eigenvalue weighted by Crippen LogP contribution is 2.21. The van der Waals surface area contributed by atoms with Gasteiger partial charge in [-0.15, -0.1) is 10.2 Å². The molecule has 0 spiro atoms. The summed E-state index contributed by atoms with van der Waals surface area (Å²) in [6.07, 6.45) is 2.88. The number of aryl methyl sites for hydroxylation is 2. The van der Waals surface area contributed by atoms with E-state index >= 15 is 0 Å². The smallest absolute Gasteiger partial charge is 0.191 e. The molecule has 29 heavy (non-hydrogen) atoms. The molecule has 0 fully saturated rings. The van der Waals surface area contributed by atoms with Crippen LogP contribution in [0.4, 0.5) is 0 Å². The van der Waals surface area contributed by atoms with E-state index in [-0.39, 0.29) is 5.78 Å². The standard InChI is InChI=1S/C22H28N4O2S/c1-5-17-8-10-18(11-9-17)28-14-21-23-24-22(26(21)13-16(2)3)29-15-20(27)19-7-6-12-25(19)4/h6-12,16H,5,13-15H2,1-4H3. The van der Waals surface area contributed by atoms with E-state index in [4.69, 9.17) is 4.74 Å². The van der Waals surface area contributed by atoms with Crippen molar-refractivity contribution in [2.45, 2.75) is 45.5 Å². The molecule has 0 amide bonds. The Morgan fingerprint density at radius 2 is 1.93 bits per heavy atom. The van der Waals surface area contributed by atoms with Gasteiger partial charge >= 0.3 is 0 Å². The number of ether oxygens (including phenoxy) is 1. The number of hydrogen-bond acceptors (Lipinski definition) is 5. The lowest BCUT2D eigenvalue weighted by Gasteiger charge is -2.13. The maximum absolute atomic E-state index is 12.5. The van der Waals surface area contributed by atoms with Gasteiger partial charge in [0.2, 0.25) is 0 Å². The number of Topliss-reactive ketones (excluding diaryl/α,β-unsaturated/α-hetero) is 1. The Morgan fingerprint density at radius 1 is 1.17 bits per heavy atom. The van der Waals surface area contributed by atoms with Crippen LogP contribution in [0.5, 0.6) is 5.75 Å². The number of ketones is 1. The fourth-order valence-electron chi connectivity index (χ4n) is 3.01. The van der Waals surface area contributed by atoms with Gasteiger partial charge in [0.25, 0.3) is 0 Å². The van der Waals surface area contributed by atoms with Crippen molar-refractivity contribution >= 4 is 17.5 Å². The highest BCUT2D eigenvalue weighted by atomic mass is 32.2. The molecular formula is C22H28N4O2S. The molecule has 0 radical (unpaired) electrons. The number of benzene rings is 1. The van der Waals surface area contributed by atoms with Crippen molar-refractivity contribution < 1.29 is 9.53 Å². The molecule has 0 N–H and O–H groups in total. The molecule has 0 bridgehead atoms. The molecule has 6 nitrogen and oxygen atoms in total. The molecule has 0 aliphatic carbocycles. The molecule has 2 aromatic heterocycles. The second-order valence-corrected chi connectivity index (χ2v) is 8.35. The van der Waals surface area contributed by atoms with Crippen LogP contribution in [0.3, 0.4) is 0 Å². The summed E-state index contributed by atoms with van der Waals surface area (Å²) in [6, 6.07) is 11.8. The summed E-state index contributed by atoms with van der Waals surface area (Å²) in [5, 5.41) is 9.40. The quantitative estimate of drug-likeness (QED) is 0.365. The van der Waals surface area contributed by atoms with Crippen LogP contribution in [0.1, 0.15) is 42.6 Å². The fraction of sp³-hybridized carbons (Fsp3) is 0.409. The van der Waals surface area contributed by atoms with Crippen LogP contribution >= 0.6 is 11.8 Å². The molecule has 0 aliphatic rings. The zero-order valence-electron chi connectivity index (χ0n) is 17.5. The van der Waals surface area contributed by atoms with E-state index < -0.39 is 0 Å². The predicted molar refractivity (Wildman–Crippen MR) is 115 cm³/mol. The van der Waals surface area contributed by atoms with Crippen molar-refractivity contribution in [3.63, 3.8) is 0 Å². The van der Waals surface area contributed by atoms with E-state index in [2.05, 4.69) is 47.7 Å². The van der Waals surface area contributed by atoms with Crippen LogP contribution in [0, 0.1) is 5.92 Å².